The molecule has 2 heterocycles. The Morgan fingerprint density at radius 2 is 2.22 bits per heavy atom. The molecular weight excluding hydrogens is 226 g/mol. The van der Waals surface area contributed by atoms with Crippen LogP contribution in [0.4, 0.5) is 11.6 Å². The molecule has 1 aliphatic rings. The average molecular weight is 249 g/mol. The summed E-state index contributed by atoms with van der Waals surface area (Å²) in [4.78, 5) is 11.3. The van der Waals surface area contributed by atoms with Crippen LogP contribution in [0, 0.1) is 12.8 Å². The summed E-state index contributed by atoms with van der Waals surface area (Å²) < 4.78 is 0. The van der Waals surface area contributed by atoms with Gasteiger partial charge in [0, 0.05) is 26.2 Å². The number of hydrogen-bond acceptors (Lipinski definition) is 5. The number of aryl methyl sites for hydroxylation is 1. The van der Waals surface area contributed by atoms with E-state index in [4.69, 9.17) is 0 Å². The number of aromatic nitrogens is 2. The molecule has 100 valence electrons. The molecule has 0 amide bonds. The number of nitrogens with zero attached hydrogens (tertiary/aromatic N) is 3. The number of hydrogen-bond donors (Lipinski definition) is 2. The fraction of sp³-hybridized carbons (Fsp3) is 0.692. The van der Waals surface area contributed by atoms with Crippen LogP contribution in [-0.2, 0) is 0 Å². The number of piperidine rings is 1. The third-order valence-electron chi connectivity index (χ3n) is 3.42. The van der Waals surface area contributed by atoms with Gasteiger partial charge in [-0.3, -0.25) is 0 Å². The lowest BCUT2D eigenvalue weighted by molar-refractivity contribution is 0.401. The SMILES string of the molecule is CNCC1CCCN(c2cc(NC)nc(C)n2)C1. The summed E-state index contributed by atoms with van der Waals surface area (Å²) in [6, 6.07) is 2.04. The lowest BCUT2D eigenvalue weighted by atomic mass is 9.98. The molecule has 1 saturated heterocycles. The van der Waals surface area contributed by atoms with Crippen molar-refractivity contribution in [3.05, 3.63) is 11.9 Å². The van der Waals surface area contributed by atoms with Crippen LogP contribution in [0.1, 0.15) is 18.7 Å². The van der Waals surface area contributed by atoms with Crippen LogP contribution in [0.15, 0.2) is 6.07 Å². The zero-order valence-corrected chi connectivity index (χ0v) is 11.5. The summed E-state index contributed by atoms with van der Waals surface area (Å²) in [7, 11) is 3.92. The van der Waals surface area contributed by atoms with E-state index >= 15 is 0 Å². The topological polar surface area (TPSA) is 53.1 Å². The zero-order valence-electron chi connectivity index (χ0n) is 11.5. The predicted molar refractivity (Wildman–Crippen MR) is 75.2 cm³/mol. The lowest BCUT2D eigenvalue weighted by Crippen LogP contribution is -2.39. The van der Waals surface area contributed by atoms with Crippen molar-refractivity contribution >= 4 is 11.6 Å². The maximum absolute atomic E-state index is 4.55. The van der Waals surface area contributed by atoms with E-state index in [0.29, 0.717) is 0 Å². The van der Waals surface area contributed by atoms with E-state index in [-0.39, 0.29) is 0 Å². The minimum atomic E-state index is 0.719. The Morgan fingerprint density at radius 1 is 1.39 bits per heavy atom. The van der Waals surface area contributed by atoms with Crippen molar-refractivity contribution in [3.63, 3.8) is 0 Å². The first-order chi connectivity index (χ1) is 8.72. The molecule has 0 aromatic carbocycles. The van der Waals surface area contributed by atoms with Crippen LogP contribution in [-0.4, -0.2) is 43.7 Å². The fourth-order valence-electron chi connectivity index (χ4n) is 2.57. The molecule has 1 unspecified atom stereocenters. The molecule has 1 fully saturated rings. The molecule has 5 heteroatoms. The minimum Gasteiger partial charge on any atom is -0.373 e. The highest BCUT2D eigenvalue weighted by atomic mass is 15.2. The Labute approximate surface area is 109 Å². The quantitative estimate of drug-likeness (QED) is 0.841. The van der Waals surface area contributed by atoms with Crippen LogP contribution >= 0.6 is 0 Å². The maximum Gasteiger partial charge on any atom is 0.134 e. The number of anilines is 2. The molecule has 1 aromatic heterocycles. The second-order valence-electron chi connectivity index (χ2n) is 4.92. The number of rotatable bonds is 4. The third-order valence-corrected chi connectivity index (χ3v) is 3.42. The standard InChI is InChI=1S/C13H23N5/c1-10-16-12(15-3)7-13(17-10)18-6-4-5-11(9-18)8-14-2/h7,11,14H,4-6,8-9H2,1-3H3,(H,15,16,17). The Balaban J connectivity index is 2.12. The molecule has 1 atom stereocenters. The van der Waals surface area contributed by atoms with Crippen LogP contribution < -0.4 is 15.5 Å². The minimum absolute atomic E-state index is 0.719. The van der Waals surface area contributed by atoms with Gasteiger partial charge in [-0.2, -0.15) is 0 Å². The summed E-state index contributed by atoms with van der Waals surface area (Å²) >= 11 is 0. The van der Waals surface area contributed by atoms with Crippen molar-refractivity contribution < 1.29 is 0 Å². The molecule has 2 N–H and O–H groups in total. The van der Waals surface area contributed by atoms with Crippen LogP contribution in [0.2, 0.25) is 0 Å². The predicted octanol–water partition coefficient (Wildman–Crippen LogP) is 1.26. The van der Waals surface area contributed by atoms with Crippen molar-refractivity contribution in [2.75, 3.05) is 43.9 Å². The first-order valence-electron chi connectivity index (χ1n) is 6.66. The molecule has 5 nitrogen and oxygen atoms in total. The van der Waals surface area contributed by atoms with Gasteiger partial charge in [0.1, 0.15) is 17.5 Å². The maximum atomic E-state index is 4.55. The van der Waals surface area contributed by atoms with Gasteiger partial charge < -0.3 is 15.5 Å². The molecular formula is C13H23N5. The van der Waals surface area contributed by atoms with Gasteiger partial charge in [-0.1, -0.05) is 0 Å². The normalized spacial score (nSPS) is 19.9. The van der Waals surface area contributed by atoms with E-state index in [9.17, 15) is 0 Å². The Kier molecular flexibility index (Phi) is 4.36. The highest BCUT2D eigenvalue weighted by Gasteiger charge is 2.20. The molecule has 0 saturated carbocycles. The second-order valence-corrected chi connectivity index (χ2v) is 4.92. The Hall–Kier alpha value is -1.36. The van der Waals surface area contributed by atoms with E-state index in [2.05, 4.69) is 25.5 Å². The highest BCUT2D eigenvalue weighted by Crippen LogP contribution is 2.22. The monoisotopic (exact) mass is 249 g/mol. The summed E-state index contributed by atoms with van der Waals surface area (Å²) in [6.07, 6.45) is 2.55. The van der Waals surface area contributed by atoms with Crippen LogP contribution in [0.5, 0.6) is 0 Å². The van der Waals surface area contributed by atoms with Gasteiger partial charge in [0.05, 0.1) is 0 Å². The van der Waals surface area contributed by atoms with E-state index in [1.807, 2.05) is 27.1 Å². The van der Waals surface area contributed by atoms with Crippen molar-refractivity contribution in [3.8, 4) is 0 Å². The van der Waals surface area contributed by atoms with E-state index in [1.165, 1.54) is 12.8 Å². The molecule has 1 aliphatic heterocycles. The smallest absolute Gasteiger partial charge is 0.134 e. The molecule has 0 bridgehead atoms. The van der Waals surface area contributed by atoms with Gasteiger partial charge in [-0.15, -0.1) is 0 Å². The van der Waals surface area contributed by atoms with Crippen LogP contribution in [0.25, 0.3) is 0 Å². The van der Waals surface area contributed by atoms with Crippen molar-refractivity contribution in [2.24, 2.45) is 5.92 Å². The molecule has 0 spiro atoms. The fourth-order valence-corrected chi connectivity index (χ4v) is 2.57. The van der Waals surface area contributed by atoms with Crippen molar-refractivity contribution in [1.82, 2.24) is 15.3 Å². The van der Waals surface area contributed by atoms with Gasteiger partial charge in [0.25, 0.3) is 0 Å². The molecule has 0 radical (unpaired) electrons. The highest BCUT2D eigenvalue weighted by molar-refractivity contribution is 5.49. The molecule has 2 rings (SSSR count). The Bertz CT molecular complexity index is 391. The van der Waals surface area contributed by atoms with Gasteiger partial charge in [0.15, 0.2) is 0 Å². The zero-order chi connectivity index (χ0) is 13.0. The first kappa shape index (κ1) is 13.1. The second kappa shape index (κ2) is 6.00. The molecule has 1 aromatic rings. The molecule has 0 aliphatic carbocycles. The van der Waals surface area contributed by atoms with Gasteiger partial charge in [0.2, 0.25) is 0 Å². The third kappa shape index (κ3) is 3.10. The van der Waals surface area contributed by atoms with Crippen LogP contribution in [0.3, 0.4) is 0 Å². The summed E-state index contributed by atoms with van der Waals surface area (Å²) in [5, 5.41) is 6.37. The van der Waals surface area contributed by atoms with Gasteiger partial charge >= 0.3 is 0 Å². The largest absolute Gasteiger partial charge is 0.373 e. The lowest BCUT2D eigenvalue weighted by Gasteiger charge is -2.33. The van der Waals surface area contributed by atoms with Crippen molar-refractivity contribution in [1.29, 1.82) is 0 Å². The van der Waals surface area contributed by atoms with E-state index in [1.54, 1.807) is 0 Å². The van der Waals surface area contributed by atoms with E-state index in [0.717, 1.165) is 43.0 Å². The average Bonchev–Trinajstić information content (AvgIpc) is 2.39. The summed E-state index contributed by atoms with van der Waals surface area (Å²) in [5.74, 6) is 3.49. The van der Waals surface area contributed by atoms with Gasteiger partial charge in [-0.05, 0) is 39.3 Å². The summed E-state index contributed by atoms with van der Waals surface area (Å²) in [6.45, 7) is 5.21. The number of nitrogens with one attached hydrogen (secondary N) is 2. The van der Waals surface area contributed by atoms with Crippen molar-refractivity contribution in [2.45, 2.75) is 19.8 Å². The summed E-state index contributed by atoms with van der Waals surface area (Å²) in [5.41, 5.74) is 0. The van der Waals surface area contributed by atoms with Gasteiger partial charge in [-0.25, -0.2) is 9.97 Å². The Morgan fingerprint density at radius 3 is 2.94 bits per heavy atom. The first-order valence-corrected chi connectivity index (χ1v) is 6.66. The molecule has 18 heavy (non-hydrogen) atoms. The van der Waals surface area contributed by atoms with E-state index < -0.39 is 0 Å².